The van der Waals surface area contributed by atoms with Gasteiger partial charge in [0.25, 0.3) is 0 Å². The fourth-order valence-corrected chi connectivity index (χ4v) is 6.32. The van der Waals surface area contributed by atoms with E-state index in [9.17, 15) is 0 Å². The molecule has 4 aliphatic rings. The van der Waals surface area contributed by atoms with Crippen molar-refractivity contribution in [3.8, 4) is 0 Å². The molecule has 4 rings (SSSR count). The van der Waals surface area contributed by atoms with E-state index in [1.165, 1.54) is 165 Å². The third-order valence-electron chi connectivity index (χ3n) is 8.26. The van der Waals surface area contributed by atoms with E-state index in [-0.39, 0.29) is 0 Å². The molecular weight excluding hydrogens is 388 g/mol. The predicted octanol–water partition coefficient (Wildman–Crippen LogP) is 9.45. The molecule has 0 aliphatic heterocycles. The number of aliphatic imine (C=N–C) groups is 2. The summed E-state index contributed by atoms with van der Waals surface area (Å²) in [4.78, 5) is 10.3. The van der Waals surface area contributed by atoms with Crippen LogP contribution in [0.3, 0.4) is 0 Å². The van der Waals surface area contributed by atoms with Gasteiger partial charge in [0.15, 0.2) is 0 Å². The zero-order chi connectivity index (χ0) is 21.8. The quantitative estimate of drug-likeness (QED) is 0.321. The van der Waals surface area contributed by atoms with Gasteiger partial charge in [-0.2, -0.15) is 0 Å². The second-order valence-electron chi connectivity index (χ2n) is 10.9. The molecule has 0 bridgehead atoms. The first-order valence-electron chi connectivity index (χ1n) is 14.4. The van der Waals surface area contributed by atoms with Gasteiger partial charge in [0.2, 0.25) is 0 Å². The third kappa shape index (κ3) is 7.42. The molecule has 4 saturated carbocycles. The summed E-state index contributed by atoms with van der Waals surface area (Å²) in [5.74, 6) is 0. The van der Waals surface area contributed by atoms with Crippen molar-refractivity contribution in [2.45, 2.75) is 148 Å². The summed E-state index contributed by atoms with van der Waals surface area (Å²) in [5, 5.41) is 0. The van der Waals surface area contributed by atoms with E-state index in [0.29, 0.717) is 0 Å². The maximum absolute atomic E-state index is 5.47. The molecule has 0 unspecified atom stereocenters. The van der Waals surface area contributed by atoms with Gasteiger partial charge in [-0.15, -0.1) is 0 Å². The summed E-state index contributed by atoms with van der Waals surface area (Å²) in [6.07, 6.45) is 30.9. The zero-order valence-electron chi connectivity index (χ0n) is 20.9. The van der Waals surface area contributed by atoms with Gasteiger partial charge >= 0.3 is 0 Å². The molecule has 4 aliphatic carbocycles. The number of allylic oxidation sites excluding steroid dienone is 3. The molecule has 0 saturated heterocycles. The lowest BCUT2D eigenvalue weighted by Crippen LogP contribution is -2.07. The van der Waals surface area contributed by atoms with Crippen LogP contribution in [0.15, 0.2) is 32.4 Å². The minimum absolute atomic E-state index is 1.08. The van der Waals surface area contributed by atoms with Crippen LogP contribution in [0.1, 0.15) is 148 Å². The van der Waals surface area contributed by atoms with Crippen molar-refractivity contribution < 1.29 is 0 Å². The predicted molar refractivity (Wildman–Crippen MR) is 140 cm³/mol. The van der Waals surface area contributed by atoms with Gasteiger partial charge in [-0.1, -0.05) is 31.3 Å². The molecule has 0 amide bonds. The second kappa shape index (κ2) is 13.5. The SMILES string of the molecule is C(CCCC(=C1CCCCC1)C(N=C1CCCC1)=C1CCCCC1)CCN=C1CCCC1. The highest BCUT2D eigenvalue weighted by Gasteiger charge is 2.21. The first kappa shape index (κ1) is 24.0. The minimum atomic E-state index is 1.08. The van der Waals surface area contributed by atoms with E-state index in [0.717, 1.165) is 6.54 Å². The van der Waals surface area contributed by atoms with Crippen LogP contribution < -0.4 is 0 Å². The van der Waals surface area contributed by atoms with Crippen molar-refractivity contribution in [1.82, 2.24) is 0 Å². The standard InChI is InChI=1S/C30H48N2/c1(2-14-24-31-27-19-10-11-20-27)9-23-29(25-15-5-3-6-16-25)30(26-17-7-4-8-18-26)32-28-21-12-13-22-28/h1-24H2. The first-order valence-corrected chi connectivity index (χ1v) is 14.4. The normalized spacial score (nSPS) is 21.9. The van der Waals surface area contributed by atoms with Crippen molar-refractivity contribution in [3.05, 3.63) is 22.4 Å². The summed E-state index contributed by atoms with van der Waals surface area (Å²) < 4.78 is 0. The van der Waals surface area contributed by atoms with Gasteiger partial charge in [-0.25, -0.2) is 0 Å². The van der Waals surface area contributed by atoms with Crippen LogP contribution in [0, 0.1) is 0 Å². The molecule has 2 nitrogen and oxygen atoms in total. The van der Waals surface area contributed by atoms with E-state index in [2.05, 4.69) is 0 Å². The first-order chi connectivity index (χ1) is 15.9. The number of hydrogen-bond donors (Lipinski definition) is 0. The number of hydrogen-bond acceptors (Lipinski definition) is 2. The summed E-state index contributed by atoms with van der Waals surface area (Å²) in [6, 6.07) is 0. The van der Waals surface area contributed by atoms with Gasteiger partial charge in [0.05, 0.1) is 5.70 Å². The van der Waals surface area contributed by atoms with Gasteiger partial charge in [0.1, 0.15) is 0 Å². The highest BCUT2D eigenvalue weighted by Crippen LogP contribution is 2.38. The lowest BCUT2D eigenvalue weighted by molar-refractivity contribution is 0.575. The molecule has 178 valence electrons. The van der Waals surface area contributed by atoms with E-state index >= 15 is 0 Å². The molecule has 0 atom stereocenters. The van der Waals surface area contributed by atoms with Gasteiger partial charge in [-0.3, -0.25) is 9.98 Å². The Morgan fingerprint density at radius 2 is 1.03 bits per heavy atom. The highest BCUT2D eigenvalue weighted by molar-refractivity contribution is 5.87. The van der Waals surface area contributed by atoms with Crippen molar-refractivity contribution in [3.63, 3.8) is 0 Å². The molecule has 0 N–H and O–H groups in total. The van der Waals surface area contributed by atoms with Crippen molar-refractivity contribution in [2.24, 2.45) is 9.98 Å². The number of rotatable bonds is 9. The molecule has 0 aromatic heterocycles. The van der Waals surface area contributed by atoms with Gasteiger partial charge in [-0.05, 0) is 133 Å². The molecule has 4 fully saturated rings. The van der Waals surface area contributed by atoms with Crippen molar-refractivity contribution >= 4 is 11.4 Å². The Kier molecular flexibility index (Phi) is 10.1. The average molecular weight is 437 g/mol. The van der Waals surface area contributed by atoms with Gasteiger partial charge in [0, 0.05) is 18.0 Å². The Morgan fingerprint density at radius 1 is 0.500 bits per heavy atom. The van der Waals surface area contributed by atoms with E-state index < -0.39 is 0 Å². The molecule has 32 heavy (non-hydrogen) atoms. The Bertz CT molecular complexity index is 689. The molecule has 0 aromatic rings. The van der Waals surface area contributed by atoms with Crippen LogP contribution in [-0.4, -0.2) is 18.0 Å². The van der Waals surface area contributed by atoms with Crippen LogP contribution >= 0.6 is 0 Å². The van der Waals surface area contributed by atoms with Crippen LogP contribution in [-0.2, 0) is 0 Å². The topological polar surface area (TPSA) is 24.7 Å². The Balaban J connectivity index is 1.40. The average Bonchev–Trinajstić information content (AvgIpc) is 3.55. The fraction of sp³-hybridized carbons (Fsp3) is 0.800. The Labute approximate surface area is 198 Å². The molecule has 0 aromatic carbocycles. The van der Waals surface area contributed by atoms with Crippen LogP contribution in [0.25, 0.3) is 0 Å². The molecule has 0 spiro atoms. The molecule has 0 radical (unpaired) electrons. The second-order valence-corrected chi connectivity index (χ2v) is 10.9. The number of unbranched alkanes of at least 4 members (excludes halogenated alkanes) is 3. The van der Waals surface area contributed by atoms with Crippen LogP contribution in [0.2, 0.25) is 0 Å². The minimum Gasteiger partial charge on any atom is -0.294 e. The van der Waals surface area contributed by atoms with E-state index in [1.807, 2.05) is 0 Å². The zero-order valence-corrected chi connectivity index (χ0v) is 20.9. The highest BCUT2D eigenvalue weighted by atomic mass is 14.8. The fourth-order valence-electron chi connectivity index (χ4n) is 6.32. The maximum atomic E-state index is 5.47. The van der Waals surface area contributed by atoms with Crippen LogP contribution in [0.4, 0.5) is 0 Å². The van der Waals surface area contributed by atoms with E-state index in [1.54, 1.807) is 16.7 Å². The van der Waals surface area contributed by atoms with Crippen molar-refractivity contribution in [2.75, 3.05) is 6.54 Å². The Morgan fingerprint density at radius 3 is 1.69 bits per heavy atom. The summed E-state index contributed by atoms with van der Waals surface area (Å²) in [6.45, 7) is 1.08. The van der Waals surface area contributed by atoms with Crippen molar-refractivity contribution in [1.29, 1.82) is 0 Å². The molecule has 2 heteroatoms. The Hall–Kier alpha value is -1.18. The van der Waals surface area contributed by atoms with Crippen LogP contribution in [0.5, 0.6) is 0 Å². The summed E-state index contributed by atoms with van der Waals surface area (Å²) in [5.41, 5.74) is 9.75. The largest absolute Gasteiger partial charge is 0.294 e. The lowest BCUT2D eigenvalue weighted by atomic mass is 9.84. The molecule has 0 heterocycles. The summed E-state index contributed by atoms with van der Waals surface area (Å²) in [7, 11) is 0. The molecular formula is C30H48N2. The van der Waals surface area contributed by atoms with Gasteiger partial charge < -0.3 is 0 Å². The van der Waals surface area contributed by atoms with E-state index in [4.69, 9.17) is 9.98 Å². The maximum Gasteiger partial charge on any atom is 0.0652 e. The summed E-state index contributed by atoms with van der Waals surface area (Å²) >= 11 is 0. The monoisotopic (exact) mass is 436 g/mol. The third-order valence-corrected chi connectivity index (χ3v) is 8.26. The smallest absolute Gasteiger partial charge is 0.0652 e. The lowest BCUT2D eigenvalue weighted by Gasteiger charge is -2.24. The number of nitrogens with zero attached hydrogens (tertiary/aromatic N) is 2.